The molecule has 0 aliphatic carbocycles. The number of aryl methyl sites for hydroxylation is 1. The summed E-state index contributed by atoms with van der Waals surface area (Å²) in [6, 6.07) is 22.5. The van der Waals surface area contributed by atoms with Crippen molar-refractivity contribution in [1.82, 2.24) is 14.5 Å². The molecule has 0 bridgehead atoms. The van der Waals surface area contributed by atoms with E-state index in [9.17, 15) is 14.4 Å². The Morgan fingerprint density at radius 3 is 2.38 bits per heavy atom. The number of hydrogen-bond acceptors (Lipinski definition) is 5. The largest absolute Gasteiger partial charge is 0.375 e. The number of carbonyl (C=O) groups excluding carboxylic acids is 3. The quantitative estimate of drug-likeness (QED) is 0.441. The fourth-order valence-corrected chi connectivity index (χ4v) is 4.64. The summed E-state index contributed by atoms with van der Waals surface area (Å²) in [5, 5.41) is 2.86. The predicted molar refractivity (Wildman–Crippen MR) is 141 cm³/mol. The number of benzene rings is 3. The molecule has 1 fully saturated rings. The first-order valence-electron chi connectivity index (χ1n) is 12.0. The second-order valence-electron chi connectivity index (χ2n) is 8.84. The first-order valence-corrected chi connectivity index (χ1v) is 12.0. The number of imidazole rings is 1. The molecule has 9 nitrogen and oxygen atoms in total. The van der Waals surface area contributed by atoms with Gasteiger partial charge in [-0.3, -0.25) is 14.4 Å². The number of amides is 3. The smallest absolute Gasteiger partial charge is 0.254 e. The van der Waals surface area contributed by atoms with Crippen LogP contribution in [0.5, 0.6) is 0 Å². The van der Waals surface area contributed by atoms with Crippen molar-refractivity contribution in [2.45, 2.75) is 0 Å². The van der Waals surface area contributed by atoms with Gasteiger partial charge in [0.15, 0.2) is 0 Å². The highest BCUT2D eigenvalue weighted by Crippen LogP contribution is 2.31. The van der Waals surface area contributed by atoms with Gasteiger partial charge in [0.25, 0.3) is 5.91 Å². The van der Waals surface area contributed by atoms with Gasteiger partial charge in [0.05, 0.1) is 16.7 Å². The minimum atomic E-state index is -0.345. The van der Waals surface area contributed by atoms with Crippen molar-refractivity contribution in [3.05, 3.63) is 78.4 Å². The maximum Gasteiger partial charge on any atom is 0.254 e. The van der Waals surface area contributed by atoms with Crippen molar-refractivity contribution in [1.29, 1.82) is 0 Å². The number of hydrogen-bond donors (Lipinski definition) is 1. The van der Waals surface area contributed by atoms with Crippen molar-refractivity contribution >= 4 is 40.1 Å². The van der Waals surface area contributed by atoms with Crippen LogP contribution >= 0.6 is 0 Å². The Kier molecular flexibility index (Phi) is 6.70. The maximum absolute atomic E-state index is 13.5. The van der Waals surface area contributed by atoms with E-state index in [0.29, 0.717) is 41.2 Å². The molecule has 9 heteroatoms. The normalized spacial score (nSPS) is 13.7. The number of carbonyl (C=O) groups is 3. The summed E-state index contributed by atoms with van der Waals surface area (Å²) < 4.78 is 6.86. The molecular weight excluding hydrogens is 470 g/mol. The van der Waals surface area contributed by atoms with E-state index in [1.54, 1.807) is 17.0 Å². The summed E-state index contributed by atoms with van der Waals surface area (Å²) in [6.45, 7) is 0.629. The van der Waals surface area contributed by atoms with Crippen LogP contribution in [0.3, 0.4) is 0 Å². The van der Waals surface area contributed by atoms with Gasteiger partial charge in [-0.2, -0.15) is 0 Å². The fraction of sp³-hybridized carbons (Fsp3) is 0.214. The predicted octanol–water partition coefficient (Wildman–Crippen LogP) is 3.31. The third kappa shape index (κ3) is 4.81. The number of methoxy groups -OCH3 is 1. The highest BCUT2D eigenvalue weighted by molar-refractivity contribution is 6.07. The van der Waals surface area contributed by atoms with Crippen LogP contribution in [0.4, 0.5) is 11.4 Å². The van der Waals surface area contributed by atoms with E-state index in [4.69, 9.17) is 9.72 Å². The SMILES string of the molecule is COCC(=O)Nc1cc(C(=O)N2CCN(c3ccccc3)C(=O)C2)cc2nc(-c3ccccc3)n(C)c12. The molecule has 188 valence electrons. The zero-order chi connectivity index (χ0) is 25.9. The van der Waals surface area contributed by atoms with Crippen LogP contribution in [0.15, 0.2) is 72.8 Å². The van der Waals surface area contributed by atoms with Crippen molar-refractivity contribution in [2.24, 2.45) is 7.05 Å². The highest BCUT2D eigenvalue weighted by atomic mass is 16.5. The van der Waals surface area contributed by atoms with Gasteiger partial charge in [-0.15, -0.1) is 0 Å². The lowest BCUT2D eigenvalue weighted by atomic mass is 10.1. The third-order valence-corrected chi connectivity index (χ3v) is 6.37. The van der Waals surface area contributed by atoms with Crippen LogP contribution < -0.4 is 10.2 Å². The number of nitrogens with one attached hydrogen (secondary N) is 1. The Morgan fingerprint density at radius 2 is 1.70 bits per heavy atom. The number of fused-ring (bicyclic) bond motifs is 1. The van der Waals surface area contributed by atoms with E-state index in [1.165, 1.54) is 12.0 Å². The lowest BCUT2D eigenvalue weighted by molar-refractivity contribution is -0.121. The van der Waals surface area contributed by atoms with Crippen LogP contribution in [0.1, 0.15) is 10.4 Å². The summed E-state index contributed by atoms with van der Waals surface area (Å²) in [4.78, 5) is 46.9. The molecule has 3 aromatic carbocycles. The second-order valence-corrected chi connectivity index (χ2v) is 8.84. The molecule has 1 aliphatic rings. The maximum atomic E-state index is 13.5. The van der Waals surface area contributed by atoms with Crippen LogP contribution in [0.2, 0.25) is 0 Å². The molecule has 1 saturated heterocycles. The average molecular weight is 498 g/mol. The molecule has 1 aliphatic heterocycles. The minimum absolute atomic E-state index is 0.0331. The Balaban J connectivity index is 1.49. The molecule has 1 aromatic heterocycles. The van der Waals surface area contributed by atoms with Gasteiger partial charge in [0.1, 0.15) is 19.0 Å². The zero-order valence-electron chi connectivity index (χ0n) is 20.7. The van der Waals surface area contributed by atoms with Crippen molar-refractivity contribution in [3.8, 4) is 11.4 Å². The van der Waals surface area contributed by atoms with Crippen LogP contribution in [-0.2, 0) is 21.4 Å². The van der Waals surface area contributed by atoms with Gasteiger partial charge in [0.2, 0.25) is 11.8 Å². The Bertz CT molecular complexity index is 1470. The van der Waals surface area contributed by atoms with E-state index >= 15 is 0 Å². The topological polar surface area (TPSA) is 96.8 Å². The van der Waals surface area contributed by atoms with Gasteiger partial charge in [-0.05, 0) is 24.3 Å². The molecule has 2 heterocycles. The van der Waals surface area contributed by atoms with Crippen LogP contribution in [0.25, 0.3) is 22.4 Å². The molecule has 0 atom stereocenters. The lowest BCUT2D eigenvalue weighted by Crippen LogP contribution is -2.52. The zero-order valence-corrected chi connectivity index (χ0v) is 20.7. The van der Waals surface area contributed by atoms with E-state index in [0.717, 1.165) is 11.3 Å². The van der Waals surface area contributed by atoms with E-state index in [1.807, 2.05) is 72.3 Å². The summed E-state index contributed by atoms with van der Waals surface area (Å²) in [5.74, 6) is -0.0848. The number of aromatic nitrogens is 2. The summed E-state index contributed by atoms with van der Waals surface area (Å²) >= 11 is 0. The summed E-state index contributed by atoms with van der Waals surface area (Å²) in [6.07, 6.45) is 0. The molecule has 3 amide bonds. The number of para-hydroxylation sites is 1. The number of piperazine rings is 1. The number of nitrogens with zero attached hydrogens (tertiary/aromatic N) is 4. The minimum Gasteiger partial charge on any atom is -0.375 e. The number of ether oxygens (including phenoxy) is 1. The Morgan fingerprint density at radius 1 is 1.00 bits per heavy atom. The number of anilines is 2. The van der Waals surface area contributed by atoms with Crippen LogP contribution in [0, 0.1) is 0 Å². The molecule has 0 radical (unpaired) electrons. The average Bonchev–Trinajstić information content (AvgIpc) is 3.25. The van der Waals surface area contributed by atoms with Crippen molar-refractivity contribution in [3.63, 3.8) is 0 Å². The standard InChI is InChI=1S/C28H27N5O4/c1-31-26-22(29-24(34)18-37-2)15-20(16-23(26)30-27(31)19-9-5-3-6-10-19)28(36)32-13-14-33(25(35)17-32)21-11-7-4-8-12-21/h3-12,15-16H,13-14,17-18H2,1-2H3,(H,29,34). The second kappa shape index (κ2) is 10.2. The molecule has 1 N–H and O–H groups in total. The highest BCUT2D eigenvalue weighted by Gasteiger charge is 2.29. The third-order valence-electron chi connectivity index (χ3n) is 6.37. The van der Waals surface area contributed by atoms with Crippen molar-refractivity contribution in [2.75, 3.05) is 43.6 Å². The molecule has 37 heavy (non-hydrogen) atoms. The van der Waals surface area contributed by atoms with Gasteiger partial charge in [-0.1, -0.05) is 48.5 Å². The van der Waals surface area contributed by atoms with E-state index < -0.39 is 0 Å². The van der Waals surface area contributed by atoms with Gasteiger partial charge >= 0.3 is 0 Å². The molecule has 0 spiro atoms. The van der Waals surface area contributed by atoms with E-state index in [-0.39, 0.29) is 30.9 Å². The van der Waals surface area contributed by atoms with E-state index in [2.05, 4.69) is 5.32 Å². The van der Waals surface area contributed by atoms with Gasteiger partial charge in [-0.25, -0.2) is 4.98 Å². The summed E-state index contributed by atoms with van der Waals surface area (Å²) in [7, 11) is 3.31. The molecule has 0 unspecified atom stereocenters. The molecular formula is C28H27N5O4. The fourth-order valence-electron chi connectivity index (χ4n) is 4.64. The van der Waals surface area contributed by atoms with Gasteiger partial charge in [0, 0.05) is 44.1 Å². The first kappa shape index (κ1) is 24.2. The monoisotopic (exact) mass is 497 g/mol. The van der Waals surface area contributed by atoms with Crippen LogP contribution in [-0.4, -0.2) is 65.5 Å². The first-order chi connectivity index (χ1) is 18.0. The Hall–Kier alpha value is -4.50. The Labute approximate surface area is 214 Å². The molecule has 5 rings (SSSR count). The molecule has 0 saturated carbocycles. The van der Waals surface area contributed by atoms with Crippen molar-refractivity contribution < 1.29 is 19.1 Å². The van der Waals surface area contributed by atoms with Gasteiger partial charge < -0.3 is 24.4 Å². The molecule has 4 aromatic rings. The summed E-state index contributed by atoms with van der Waals surface area (Å²) in [5.41, 5.74) is 3.77. The lowest BCUT2D eigenvalue weighted by Gasteiger charge is -2.34. The number of rotatable bonds is 6.